The number of anilines is 2. The summed E-state index contributed by atoms with van der Waals surface area (Å²) in [5.41, 5.74) is 8.21. The minimum Gasteiger partial charge on any atom is -0.383 e. The molecule has 3 N–H and O–H groups in total. The third-order valence-electron chi connectivity index (χ3n) is 4.69. The van der Waals surface area contributed by atoms with Gasteiger partial charge in [-0.25, -0.2) is 15.0 Å². The van der Waals surface area contributed by atoms with Crippen LogP contribution in [0.5, 0.6) is 0 Å². The smallest absolute Gasteiger partial charge is 0.224 e. The number of pyridine rings is 1. The highest BCUT2D eigenvalue weighted by molar-refractivity contribution is 5.99. The van der Waals surface area contributed by atoms with E-state index in [1.54, 1.807) is 25.8 Å². The third-order valence-corrected chi connectivity index (χ3v) is 4.69. The molecular weight excluding hydrogens is 320 g/mol. The molecule has 0 atom stereocenters. The van der Waals surface area contributed by atoms with E-state index in [9.17, 15) is 0 Å². The molecule has 0 saturated heterocycles. The number of nitrogen functional groups attached to an aromatic ring is 1. The second-order valence-corrected chi connectivity index (χ2v) is 6.25. The van der Waals surface area contributed by atoms with E-state index >= 15 is 0 Å². The number of hydrogen-bond acceptors (Lipinski definition) is 8. The van der Waals surface area contributed by atoms with Gasteiger partial charge in [-0.2, -0.15) is 0 Å². The predicted octanol–water partition coefficient (Wildman–Crippen LogP) is 2.63. The van der Waals surface area contributed by atoms with Crippen LogP contribution < -0.4 is 11.1 Å². The Morgan fingerprint density at radius 1 is 1.24 bits per heavy atom. The van der Waals surface area contributed by atoms with Crippen LogP contribution in [-0.2, 0) is 4.74 Å². The van der Waals surface area contributed by atoms with Gasteiger partial charge in [0.1, 0.15) is 12.1 Å². The summed E-state index contributed by atoms with van der Waals surface area (Å²) in [4.78, 5) is 13.4. The fraction of sp³-hybridized carbons (Fsp3) is 0.412. The Labute approximate surface area is 144 Å². The highest BCUT2D eigenvalue weighted by Crippen LogP contribution is 2.31. The van der Waals surface area contributed by atoms with Crippen molar-refractivity contribution in [3.63, 3.8) is 0 Å². The quantitative estimate of drug-likeness (QED) is 0.745. The number of aromatic nitrogens is 4. The molecule has 0 aliphatic heterocycles. The first-order valence-electron chi connectivity index (χ1n) is 8.36. The number of methoxy groups -OCH3 is 1. The predicted molar refractivity (Wildman–Crippen MR) is 93.9 cm³/mol. The number of nitrogens with one attached hydrogen (secondary N) is 1. The molecule has 130 valence electrons. The van der Waals surface area contributed by atoms with Gasteiger partial charge in [-0.05, 0) is 31.7 Å². The van der Waals surface area contributed by atoms with Crippen LogP contribution in [0.1, 0.15) is 25.7 Å². The van der Waals surface area contributed by atoms with Crippen LogP contribution in [0.25, 0.3) is 22.2 Å². The van der Waals surface area contributed by atoms with Gasteiger partial charge >= 0.3 is 0 Å². The van der Waals surface area contributed by atoms with E-state index in [4.69, 9.17) is 15.0 Å². The normalized spacial score (nSPS) is 20.7. The van der Waals surface area contributed by atoms with Crippen LogP contribution in [0, 0.1) is 0 Å². The summed E-state index contributed by atoms with van der Waals surface area (Å²) in [6.45, 7) is 0. The number of ether oxygens (including phenoxy) is 1. The Morgan fingerprint density at radius 3 is 2.80 bits per heavy atom. The lowest BCUT2D eigenvalue weighted by Gasteiger charge is -2.28. The zero-order valence-electron chi connectivity index (χ0n) is 14.0. The molecular formula is C17H20N6O2. The van der Waals surface area contributed by atoms with Crippen LogP contribution in [-0.4, -0.2) is 39.4 Å². The van der Waals surface area contributed by atoms with Crippen molar-refractivity contribution in [3.8, 4) is 11.3 Å². The van der Waals surface area contributed by atoms with Crippen molar-refractivity contribution in [2.24, 2.45) is 0 Å². The topological polar surface area (TPSA) is 112 Å². The first kappa shape index (κ1) is 15.8. The Bertz CT molecular complexity index is 859. The Hall–Kier alpha value is -2.74. The van der Waals surface area contributed by atoms with Crippen molar-refractivity contribution >= 4 is 22.7 Å². The summed E-state index contributed by atoms with van der Waals surface area (Å²) in [7, 11) is 1.77. The average Bonchev–Trinajstić information content (AvgIpc) is 3.16. The van der Waals surface area contributed by atoms with Gasteiger partial charge in [-0.1, -0.05) is 5.16 Å². The fourth-order valence-corrected chi connectivity index (χ4v) is 3.32. The average molecular weight is 340 g/mol. The summed E-state index contributed by atoms with van der Waals surface area (Å²) in [5.74, 6) is 0.969. The molecule has 1 fully saturated rings. The van der Waals surface area contributed by atoms with E-state index in [0.29, 0.717) is 35.0 Å². The van der Waals surface area contributed by atoms with Crippen molar-refractivity contribution in [3.05, 3.63) is 24.7 Å². The molecule has 0 amide bonds. The molecule has 1 saturated carbocycles. The van der Waals surface area contributed by atoms with Gasteiger partial charge in [0.25, 0.3) is 0 Å². The van der Waals surface area contributed by atoms with Crippen LogP contribution >= 0.6 is 0 Å². The van der Waals surface area contributed by atoms with Crippen molar-refractivity contribution in [2.75, 3.05) is 18.2 Å². The maximum atomic E-state index is 6.05. The second kappa shape index (κ2) is 6.64. The number of nitrogens with two attached hydrogens (primary N) is 1. The van der Waals surface area contributed by atoms with Crippen molar-refractivity contribution in [1.82, 2.24) is 20.1 Å². The van der Waals surface area contributed by atoms with E-state index in [2.05, 4.69) is 25.4 Å². The van der Waals surface area contributed by atoms with Gasteiger partial charge in [-0.15, -0.1) is 0 Å². The Morgan fingerprint density at radius 2 is 2.08 bits per heavy atom. The Kier molecular flexibility index (Phi) is 4.19. The number of hydrogen-bond donors (Lipinski definition) is 2. The first-order chi connectivity index (χ1) is 12.2. The summed E-state index contributed by atoms with van der Waals surface area (Å²) in [6.07, 6.45) is 9.30. The lowest BCUT2D eigenvalue weighted by Crippen LogP contribution is -2.29. The summed E-state index contributed by atoms with van der Waals surface area (Å²) in [5, 5.41) is 7.92. The molecule has 1 aliphatic carbocycles. The molecule has 3 aromatic rings. The largest absolute Gasteiger partial charge is 0.383 e. The zero-order chi connectivity index (χ0) is 17.2. The molecule has 8 heteroatoms. The van der Waals surface area contributed by atoms with Gasteiger partial charge in [0.15, 0.2) is 0 Å². The number of nitrogens with zero attached hydrogens (tertiary/aromatic N) is 4. The lowest BCUT2D eigenvalue weighted by atomic mass is 9.93. The summed E-state index contributed by atoms with van der Waals surface area (Å²) < 4.78 is 10.4. The van der Waals surface area contributed by atoms with Gasteiger partial charge in [0.05, 0.1) is 34.5 Å². The summed E-state index contributed by atoms with van der Waals surface area (Å²) >= 11 is 0. The van der Waals surface area contributed by atoms with E-state index in [-0.39, 0.29) is 0 Å². The van der Waals surface area contributed by atoms with Crippen molar-refractivity contribution in [1.29, 1.82) is 0 Å². The zero-order valence-corrected chi connectivity index (χ0v) is 14.0. The van der Waals surface area contributed by atoms with Gasteiger partial charge < -0.3 is 20.3 Å². The summed E-state index contributed by atoms with van der Waals surface area (Å²) in [6, 6.07) is 2.16. The second-order valence-electron chi connectivity index (χ2n) is 6.25. The van der Waals surface area contributed by atoms with Crippen LogP contribution in [0.3, 0.4) is 0 Å². The van der Waals surface area contributed by atoms with E-state index in [1.165, 1.54) is 0 Å². The first-order valence-corrected chi connectivity index (χ1v) is 8.36. The molecule has 8 nitrogen and oxygen atoms in total. The maximum Gasteiger partial charge on any atom is 0.224 e. The van der Waals surface area contributed by atoms with Crippen LogP contribution in [0.2, 0.25) is 0 Å². The molecule has 3 heterocycles. The monoisotopic (exact) mass is 340 g/mol. The standard InChI is InChI=1S/C17H20N6O2/c1-24-12-4-2-11(3-5-12)21-17-22-13-6-7-19-16(18)14(13)15(23-17)10-8-20-25-9-10/h6-9,11-12H,2-5H2,1H3,(H2,18,19)(H,21,22,23). The Balaban J connectivity index is 1.69. The lowest BCUT2D eigenvalue weighted by molar-refractivity contribution is 0.0681. The fourth-order valence-electron chi connectivity index (χ4n) is 3.32. The highest BCUT2D eigenvalue weighted by atomic mass is 16.5. The van der Waals surface area contributed by atoms with E-state index in [1.807, 2.05) is 6.07 Å². The highest BCUT2D eigenvalue weighted by Gasteiger charge is 2.22. The number of fused-ring (bicyclic) bond motifs is 1. The number of rotatable bonds is 4. The molecule has 0 aromatic carbocycles. The van der Waals surface area contributed by atoms with Gasteiger partial charge in [0.2, 0.25) is 5.95 Å². The maximum absolute atomic E-state index is 6.05. The molecule has 0 spiro atoms. The minimum absolute atomic E-state index is 0.332. The van der Waals surface area contributed by atoms with Crippen molar-refractivity contribution in [2.45, 2.75) is 37.8 Å². The van der Waals surface area contributed by atoms with Gasteiger partial charge in [-0.3, -0.25) is 0 Å². The van der Waals surface area contributed by atoms with Crippen LogP contribution in [0.15, 0.2) is 29.2 Å². The van der Waals surface area contributed by atoms with Crippen molar-refractivity contribution < 1.29 is 9.26 Å². The molecule has 25 heavy (non-hydrogen) atoms. The molecule has 0 unspecified atom stereocenters. The van der Waals surface area contributed by atoms with E-state index < -0.39 is 0 Å². The SMILES string of the molecule is COC1CCC(Nc2nc(-c3cnoc3)c3c(N)nccc3n2)CC1. The minimum atomic E-state index is 0.332. The van der Waals surface area contributed by atoms with Crippen LogP contribution in [0.4, 0.5) is 11.8 Å². The van der Waals surface area contributed by atoms with E-state index in [0.717, 1.165) is 36.8 Å². The molecule has 0 radical (unpaired) electrons. The molecule has 0 bridgehead atoms. The third kappa shape index (κ3) is 3.12. The molecule has 1 aliphatic rings. The molecule has 4 rings (SSSR count). The van der Waals surface area contributed by atoms with Gasteiger partial charge in [0, 0.05) is 19.3 Å². The molecule has 3 aromatic heterocycles.